The Labute approximate surface area is 106 Å². The van der Waals surface area contributed by atoms with Gasteiger partial charge in [-0.25, -0.2) is 0 Å². The molecule has 1 aliphatic rings. The predicted octanol–water partition coefficient (Wildman–Crippen LogP) is 2.28. The van der Waals surface area contributed by atoms with Crippen molar-refractivity contribution < 1.29 is 4.52 Å². The second-order valence-electron chi connectivity index (χ2n) is 4.70. The van der Waals surface area contributed by atoms with Crippen molar-refractivity contribution in [2.24, 2.45) is 0 Å². The van der Waals surface area contributed by atoms with Crippen LogP contribution in [0.2, 0.25) is 0 Å². The lowest BCUT2D eigenvalue weighted by Gasteiger charge is -2.26. The Kier molecular flexibility index (Phi) is 3.37. The summed E-state index contributed by atoms with van der Waals surface area (Å²) in [5.74, 6) is 0.770. The van der Waals surface area contributed by atoms with E-state index in [1.165, 1.54) is 36.8 Å². The van der Waals surface area contributed by atoms with Gasteiger partial charge in [-0.05, 0) is 30.4 Å². The van der Waals surface area contributed by atoms with E-state index in [4.69, 9.17) is 4.52 Å². The first-order valence-corrected chi connectivity index (χ1v) is 6.50. The van der Waals surface area contributed by atoms with Crippen LogP contribution in [0.4, 0.5) is 0 Å². The number of hydrogen-bond donors (Lipinski definition) is 1. The third kappa shape index (κ3) is 2.43. The molecule has 0 saturated carbocycles. The van der Waals surface area contributed by atoms with E-state index >= 15 is 0 Å². The number of nitrogens with zero attached hydrogens (tertiary/aromatic N) is 2. The molecule has 0 bridgehead atoms. The quantitative estimate of drug-likeness (QED) is 0.895. The maximum Gasteiger partial charge on any atom is 0.213 e. The Morgan fingerprint density at radius 1 is 1.33 bits per heavy atom. The van der Waals surface area contributed by atoms with E-state index < -0.39 is 0 Å². The highest BCUT2D eigenvalue weighted by Crippen LogP contribution is 2.29. The van der Waals surface area contributed by atoms with Crippen LogP contribution < -0.4 is 5.32 Å². The number of aromatic nitrogens is 2. The van der Waals surface area contributed by atoms with Crippen LogP contribution in [0.5, 0.6) is 0 Å². The van der Waals surface area contributed by atoms with Crippen LogP contribution in [-0.2, 0) is 12.8 Å². The van der Waals surface area contributed by atoms with E-state index in [9.17, 15) is 0 Å². The molecule has 0 spiro atoms. The summed E-state index contributed by atoms with van der Waals surface area (Å²) in [5, 5.41) is 7.41. The summed E-state index contributed by atoms with van der Waals surface area (Å²) in [6.07, 6.45) is 5.87. The minimum absolute atomic E-state index is 0.474. The van der Waals surface area contributed by atoms with Crippen LogP contribution in [0, 0.1) is 0 Å². The summed E-state index contributed by atoms with van der Waals surface area (Å²) in [6.45, 7) is 0.887. The van der Waals surface area contributed by atoms with Gasteiger partial charge in [0.25, 0.3) is 0 Å². The lowest BCUT2D eigenvalue weighted by Crippen LogP contribution is -2.27. The maximum absolute atomic E-state index is 4.72. The van der Waals surface area contributed by atoms with Crippen LogP contribution in [0.1, 0.15) is 35.8 Å². The Balaban J connectivity index is 1.60. The Morgan fingerprint density at radius 3 is 3.17 bits per heavy atom. The summed E-state index contributed by atoms with van der Waals surface area (Å²) >= 11 is 0. The first-order valence-electron chi connectivity index (χ1n) is 6.50. The molecule has 1 aromatic heterocycles. The molecule has 1 aliphatic carbocycles. The summed E-state index contributed by atoms with van der Waals surface area (Å²) in [5.41, 5.74) is 2.94. The van der Waals surface area contributed by atoms with Gasteiger partial charge < -0.3 is 9.84 Å². The van der Waals surface area contributed by atoms with Crippen molar-refractivity contribution in [1.82, 2.24) is 15.5 Å². The van der Waals surface area contributed by atoms with E-state index in [0.717, 1.165) is 18.8 Å². The average molecular weight is 243 g/mol. The monoisotopic (exact) mass is 243 g/mol. The number of hydrogen-bond acceptors (Lipinski definition) is 4. The van der Waals surface area contributed by atoms with Crippen LogP contribution in [-0.4, -0.2) is 16.7 Å². The van der Waals surface area contributed by atoms with Gasteiger partial charge in [-0.1, -0.05) is 29.4 Å². The van der Waals surface area contributed by atoms with Crippen molar-refractivity contribution in [1.29, 1.82) is 0 Å². The van der Waals surface area contributed by atoms with Crippen molar-refractivity contribution in [3.05, 3.63) is 47.6 Å². The van der Waals surface area contributed by atoms with Gasteiger partial charge in [0.1, 0.15) is 0 Å². The molecule has 1 atom stereocenters. The van der Waals surface area contributed by atoms with Crippen LogP contribution in [0.15, 0.2) is 35.2 Å². The topological polar surface area (TPSA) is 51.0 Å². The molecule has 18 heavy (non-hydrogen) atoms. The molecule has 1 unspecified atom stereocenters. The number of fused-ring (bicyclic) bond motifs is 1. The number of rotatable bonds is 4. The lowest BCUT2D eigenvalue weighted by atomic mass is 9.88. The van der Waals surface area contributed by atoms with Crippen molar-refractivity contribution in [2.75, 3.05) is 6.54 Å². The maximum atomic E-state index is 4.72. The van der Waals surface area contributed by atoms with Crippen LogP contribution in [0.3, 0.4) is 0 Å². The molecule has 1 N–H and O–H groups in total. The normalized spacial score (nSPS) is 18.6. The molecule has 2 aromatic rings. The predicted molar refractivity (Wildman–Crippen MR) is 68.1 cm³/mol. The van der Waals surface area contributed by atoms with Gasteiger partial charge in [0.2, 0.25) is 6.39 Å². The minimum atomic E-state index is 0.474. The second kappa shape index (κ2) is 5.31. The van der Waals surface area contributed by atoms with Gasteiger partial charge in [-0.15, -0.1) is 0 Å². The highest BCUT2D eigenvalue weighted by Gasteiger charge is 2.18. The molecule has 0 aliphatic heterocycles. The van der Waals surface area contributed by atoms with Crippen LogP contribution in [0.25, 0.3) is 0 Å². The van der Waals surface area contributed by atoms with Gasteiger partial charge in [0.05, 0.1) is 0 Å². The largest absolute Gasteiger partial charge is 0.343 e. The number of nitrogens with one attached hydrogen (secondary N) is 1. The molecule has 0 saturated heterocycles. The molecule has 0 amide bonds. The van der Waals surface area contributed by atoms with Crippen molar-refractivity contribution in [3.63, 3.8) is 0 Å². The zero-order valence-electron chi connectivity index (χ0n) is 10.3. The Bertz CT molecular complexity index is 496. The standard InChI is InChI=1S/C14H17N3O/c1-2-6-12-11(4-1)5-3-7-13(12)15-9-8-14-16-10-18-17-14/h1-2,4,6,10,13,15H,3,5,7-9H2. The first kappa shape index (κ1) is 11.4. The minimum Gasteiger partial charge on any atom is -0.343 e. The van der Waals surface area contributed by atoms with Crippen LogP contribution >= 0.6 is 0 Å². The third-order valence-corrected chi connectivity index (χ3v) is 3.52. The van der Waals surface area contributed by atoms with Gasteiger partial charge in [0, 0.05) is 19.0 Å². The summed E-state index contributed by atoms with van der Waals surface area (Å²) in [4.78, 5) is 4.03. The van der Waals surface area contributed by atoms with E-state index in [-0.39, 0.29) is 0 Å². The van der Waals surface area contributed by atoms with Crippen molar-refractivity contribution in [3.8, 4) is 0 Å². The van der Waals surface area contributed by atoms with E-state index in [2.05, 4.69) is 39.7 Å². The van der Waals surface area contributed by atoms with Crippen molar-refractivity contribution in [2.45, 2.75) is 31.7 Å². The molecule has 1 aromatic carbocycles. The van der Waals surface area contributed by atoms with Crippen molar-refractivity contribution >= 4 is 0 Å². The highest BCUT2D eigenvalue weighted by molar-refractivity contribution is 5.32. The van der Waals surface area contributed by atoms with Gasteiger partial charge in [-0.2, -0.15) is 4.98 Å². The molecule has 1 heterocycles. The van der Waals surface area contributed by atoms with Gasteiger partial charge >= 0.3 is 0 Å². The second-order valence-corrected chi connectivity index (χ2v) is 4.70. The third-order valence-electron chi connectivity index (χ3n) is 3.52. The number of aryl methyl sites for hydroxylation is 1. The molecule has 4 heteroatoms. The highest BCUT2D eigenvalue weighted by atomic mass is 16.5. The fourth-order valence-corrected chi connectivity index (χ4v) is 2.63. The van der Waals surface area contributed by atoms with E-state index in [1.807, 2.05) is 0 Å². The SMILES string of the molecule is c1ccc2c(c1)CCCC2NCCc1ncon1. The molecule has 0 radical (unpaired) electrons. The summed E-state index contributed by atoms with van der Waals surface area (Å²) in [7, 11) is 0. The molecular formula is C14H17N3O. The van der Waals surface area contributed by atoms with E-state index in [0.29, 0.717) is 6.04 Å². The molecule has 3 rings (SSSR count). The molecule has 94 valence electrons. The smallest absolute Gasteiger partial charge is 0.213 e. The van der Waals surface area contributed by atoms with Gasteiger partial charge in [-0.3, -0.25) is 0 Å². The first-order chi connectivity index (χ1) is 8.93. The number of benzene rings is 1. The molecule has 0 fully saturated rings. The Morgan fingerprint density at radius 2 is 2.28 bits per heavy atom. The lowest BCUT2D eigenvalue weighted by molar-refractivity contribution is 0.406. The van der Waals surface area contributed by atoms with E-state index in [1.54, 1.807) is 0 Å². The zero-order chi connectivity index (χ0) is 12.2. The molecular weight excluding hydrogens is 226 g/mol. The average Bonchev–Trinajstić information content (AvgIpc) is 2.92. The fraction of sp³-hybridized carbons (Fsp3) is 0.429. The summed E-state index contributed by atoms with van der Waals surface area (Å²) in [6, 6.07) is 9.20. The summed E-state index contributed by atoms with van der Waals surface area (Å²) < 4.78 is 4.72. The molecule has 4 nitrogen and oxygen atoms in total. The fourth-order valence-electron chi connectivity index (χ4n) is 2.63. The van der Waals surface area contributed by atoms with Gasteiger partial charge in [0.15, 0.2) is 5.82 Å². The Hall–Kier alpha value is -1.68. The zero-order valence-corrected chi connectivity index (χ0v) is 10.3.